The lowest BCUT2D eigenvalue weighted by molar-refractivity contribution is -0.382. The Bertz CT molecular complexity index is 1570. The van der Waals surface area contributed by atoms with Crippen LogP contribution in [0.5, 0.6) is 5.75 Å². The van der Waals surface area contributed by atoms with E-state index in [2.05, 4.69) is 102 Å². The Balaban J connectivity index is 0.000000387. The summed E-state index contributed by atoms with van der Waals surface area (Å²) >= 11 is 0. The lowest BCUT2D eigenvalue weighted by Gasteiger charge is -2.34. The minimum atomic E-state index is -7.43. The average molecular weight is 719 g/mol. The van der Waals surface area contributed by atoms with Crippen molar-refractivity contribution in [3.63, 3.8) is 0 Å². The Kier molecular flexibility index (Phi) is 11.3. The van der Waals surface area contributed by atoms with Gasteiger partial charge in [-0.2, -0.15) is 39.5 Å². The summed E-state index contributed by atoms with van der Waals surface area (Å²) in [4.78, 5) is 3.85. The van der Waals surface area contributed by atoms with E-state index in [0.717, 1.165) is 11.1 Å². The summed E-state index contributed by atoms with van der Waals surface area (Å²) in [5, 5.41) is 3.20. The van der Waals surface area contributed by atoms with Crippen LogP contribution in [-0.2, 0) is 31.8 Å². The van der Waals surface area contributed by atoms with E-state index in [1.807, 2.05) is 13.8 Å². The maximum atomic E-state index is 12.2. The first-order chi connectivity index (χ1) is 20.9. The number of hydrogen-bond donors (Lipinski definition) is 1. The highest BCUT2D eigenvalue weighted by Crippen LogP contribution is 2.54. The minimum Gasteiger partial charge on any atom is -0.743 e. The van der Waals surface area contributed by atoms with Crippen molar-refractivity contribution in [1.29, 1.82) is 0 Å². The second-order valence-electron chi connectivity index (χ2n) is 12.9. The number of aryl methyl sites for hydroxylation is 2. The molecule has 0 aliphatic rings. The van der Waals surface area contributed by atoms with Gasteiger partial charge in [0.05, 0.1) is 10.9 Å². The van der Waals surface area contributed by atoms with Gasteiger partial charge in [0.1, 0.15) is 5.75 Å². The zero-order valence-corrected chi connectivity index (χ0v) is 28.3. The van der Waals surface area contributed by atoms with Crippen LogP contribution >= 0.6 is 0 Å². The molecule has 0 unspecified atom stereocenters. The van der Waals surface area contributed by atoms with Crippen molar-refractivity contribution < 1.29 is 57.6 Å². The maximum Gasteiger partial charge on any atom is 0.460 e. The minimum absolute atomic E-state index is 0.136. The van der Waals surface area contributed by atoms with Crippen molar-refractivity contribution in [1.82, 2.24) is 0 Å². The summed E-state index contributed by atoms with van der Waals surface area (Å²) in [6.45, 7) is 17.5. The Hall–Kier alpha value is -2.91. The van der Waals surface area contributed by atoms with E-state index in [1.54, 1.807) is 0 Å². The van der Waals surface area contributed by atoms with E-state index in [4.69, 9.17) is 0 Å². The van der Waals surface area contributed by atoms with Gasteiger partial charge in [-0.1, -0.05) is 65.8 Å². The van der Waals surface area contributed by atoms with Gasteiger partial charge in [0.2, 0.25) is 0 Å². The van der Waals surface area contributed by atoms with Gasteiger partial charge in [0.25, 0.3) is 0 Å². The van der Waals surface area contributed by atoms with Crippen molar-refractivity contribution in [2.75, 3.05) is 0 Å². The molecule has 0 bridgehead atoms. The quantitative estimate of drug-likeness (QED) is 0.157. The highest BCUT2D eigenvalue weighted by atomic mass is 32.2. The molecule has 0 heterocycles. The van der Waals surface area contributed by atoms with Crippen molar-refractivity contribution in [2.24, 2.45) is 0 Å². The molecule has 47 heavy (non-hydrogen) atoms. The Morgan fingerprint density at radius 3 is 1.17 bits per heavy atom. The average Bonchev–Trinajstić information content (AvgIpc) is 2.90. The summed E-state index contributed by atoms with van der Waals surface area (Å²) in [6.07, 6.45) is -7.16. The first-order valence-electron chi connectivity index (χ1n) is 13.8. The van der Waals surface area contributed by atoms with Gasteiger partial charge >= 0.3 is 23.3 Å². The Morgan fingerprint density at radius 1 is 0.596 bits per heavy atom. The summed E-state index contributed by atoms with van der Waals surface area (Å²) in [5.74, 6) is -14.4. The highest BCUT2D eigenvalue weighted by molar-refractivity contribution is 7.97. The summed E-state index contributed by atoms with van der Waals surface area (Å²) in [6, 6.07) is 22.4. The van der Waals surface area contributed by atoms with E-state index in [9.17, 15) is 57.6 Å². The third-order valence-corrected chi connectivity index (χ3v) is 10.1. The normalized spacial score (nSPS) is 13.8. The molecule has 0 saturated heterocycles. The van der Waals surface area contributed by atoms with Gasteiger partial charge in [-0.05, 0) is 71.2 Å². The fourth-order valence-electron chi connectivity index (χ4n) is 4.14. The van der Waals surface area contributed by atoms with Crippen LogP contribution in [0.15, 0.2) is 75.4 Å². The molecule has 1 N–H and O–H groups in total. The van der Waals surface area contributed by atoms with Crippen molar-refractivity contribution in [3.8, 4) is 5.75 Å². The number of alkyl halides is 9. The van der Waals surface area contributed by atoms with Gasteiger partial charge in [-0.25, -0.2) is 8.42 Å². The SMILES string of the molecule is Cc1cc([S+](c2ccc(C(C)(C)C)cc2)c2ccc(C(C)(C)C)cc2)cc(C)c1O.O=S(=O)([O-])C(F)(F)C(F)(F)C(F)(F)C(F)(F)F. The molecule has 0 spiro atoms. The van der Waals surface area contributed by atoms with E-state index in [1.165, 1.54) is 25.8 Å². The molecule has 0 fully saturated rings. The van der Waals surface area contributed by atoms with Gasteiger partial charge in [0.15, 0.2) is 24.8 Å². The second kappa shape index (κ2) is 13.2. The number of hydrogen-bond acceptors (Lipinski definition) is 4. The predicted molar refractivity (Wildman–Crippen MR) is 161 cm³/mol. The van der Waals surface area contributed by atoms with Gasteiger partial charge < -0.3 is 9.66 Å². The molecular formula is C32H35F9O4S2. The van der Waals surface area contributed by atoms with Crippen molar-refractivity contribution >= 4 is 21.0 Å². The third kappa shape index (κ3) is 8.40. The third-order valence-electron chi connectivity index (χ3n) is 7.04. The standard InChI is InChI=1S/C28H34OS.C4HF9O3S/c1-19-17-25(18-20(2)26(19)29)30(23-13-9-21(10-14-23)27(3,4)5)24-15-11-22(12-16-24)28(6,7)8;5-1(6,3(9,10)11)2(7,8)4(12,13)17(14,15)16/h9-18H,1-8H3;(H,14,15,16). The lowest BCUT2D eigenvalue weighted by Crippen LogP contribution is -2.63. The molecule has 0 aromatic heterocycles. The predicted octanol–water partition coefficient (Wildman–Crippen LogP) is 9.66. The van der Waals surface area contributed by atoms with Gasteiger partial charge in [0, 0.05) is 12.1 Å². The number of rotatable bonds is 6. The summed E-state index contributed by atoms with van der Waals surface area (Å²) < 4.78 is 135. The van der Waals surface area contributed by atoms with E-state index in [0.29, 0.717) is 5.75 Å². The van der Waals surface area contributed by atoms with Crippen LogP contribution in [0.2, 0.25) is 0 Å². The summed E-state index contributed by atoms with van der Waals surface area (Å²) in [7, 11) is -7.64. The van der Waals surface area contributed by atoms with Crippen LogP contribution in [0.4, 0.5) is 39.5 Å². The monoisotopic (exact) mass is 718 g/mol. The number of aromatic hydroxyl groups is 1. The zero-order chi connectivity index (χ0) is 36.8. The number of benzene rings is 3. The molecule has 4 nitrogen and oxygen atoms in total. The molecule has 0 aliphatic heterocycles. The lowest BCUT2D eigenvalue weighted by atomic mass is 9.87. The molecule has 15 heteroatoms. The molecule has 0 radical (unpaired) electrons. The van der Waals surface area contributed by atoms with Crippen LogP contribution in [0.1, 0.15) is 63.8 Å². The number of phenolic OH excluding ortho intramolecular Hbond substituents is 1. The first-order valence-corrected chi connectivity index (χ1v) is 16.4. The van der Waals surface area contributed by atoms with Crippen molar-refractivity contribution in [3.05, 3.63) is 82.9 Å². The van der Waals surface area contributed by atoms with E-state index < -0.39 is 33.4 Å². The molecule has 0 amide bonds. The van der Waals surface area contributed by atoms with E-state index >= 15 is 0 Å². The Morgan fingerprint density at radius 2 is 0.915 bits per heavy atom. The Labute approximate surface area is 271 Å². The molecule has 262 valence electrons. The topological polar surface area (TPSA) is 77.4 Å². The molecule has 3 aromatic rings. The van der Waals surface area contributed by atoms with Gasteiger partial charge in [-0.15, -0.1) is 0 Å². The molecule has 0 atom stereocenters. The molecular weight excluding hydrogens is 683 g/mol. The second-order valence-corrected chi connectivity index (χ2v) is 16.3. The van der Waals surface area contributed by atoms with Crippen LogP contribution in [-0.4, -0.2) is 41.4 Å². The van der Waals surface area contributed by atoms with E-state index in [-0.39, 0.29) is 21.7 Å². The smallest absolute Gasteiger partial charge is 0.460 e. The van der Waals surface area contributed by atoms with Crippen LogP contribution < -0.4 is 0 Å². The maximum absolute atomic E-state index is 12.2. The fraction of sp³-hybridized carbons (Fsp3) is 0.438. The zero-order valence-electron chi connectivity index (χ0n) is 26.7. The fourth-order valence-corrected chi connectivity index (χ4v) is 6.81. The molecule has 3 rings (SSSR count). The van der Waals surface area contributed by atoms with Crippen LogP contribution in [0, 0.1) is 13.8 Å². The molecule has 0 aliphatic carbocycles. The molecule has 3 aromatic carbocycles. The van der Waals surface area contributed by atoms with Crippen LogP contribution in [0.25, 0.3) is 0 Å². The number of phenols is 1. The first kappa shape index (κ1) is 40.3. The number of halogens is 9. The van der Waals surface area contributed by atoms with Gasteiger partial charge in [-0.3, -0.25) is 0 Å². The van der Waals surface area contributed by atoms with Crippen molar-refractivity contribution in [2.45, 2.75) is 104 Å². The highest BCUT2D eigenvalue weighted by Gasteiger charge is 2.83. The summed E-state index contributed by atoms with van der Waals surface area (Å²) in [5.41, 5.74) is 4.82. The van der Waals surface area contributed by atoms with Crippen LogP contribution in [0.3, 0.4) is 0 Å². The largest absolute Gasteiger partial charge is 0.743 e. The molecule has 0 saturated carbocycles.